The molecule has 5 heteroatoms. The maximum absolute atomic E-state index is 8.83. The number of fused-ring (bicyclic) bond motifs is 1. The van der Waals surface area contributed by atoms with Crippen LogP contribution in [0.15, 0.2) is 29.0 Å². The van der Waals surface area contributed by atoms with Gasteiger partial charge in [-0.2, -0.15) is 0 Å². The lowest BCUT2D eigenvalue weighted by Crippen LogP contribution is -2.29. The monoisotopic (exact) mass is 163 g/mol. The first-order valence-corrected chi connectivity index (χ1v) is 3.47. The van der Waals surface area contributed by atoms with Crippen LogP contribution in [0.2, 0.25) is 0 Å². The van der Waals surface area contributed by atoms with Crippen molar-refractivity contribution in [2.75, 3.05) is 0 Å². The molecule has 60 valence electrons. The van der Waals surface area contributed by atoms with Crippen LogP contribution in [0.25, 0.3) is 10.9 Å². The van der Waals surface area contributed by atoms with Crippen LogP contribution in [0, 0.1) is 0 Å². The zero-order chi connectivity index (χ0) is 8.55. The molecule has 1 aromatic heterocycles. The van der Waals surface area contributed by atoms with Crippen molar-refractivity contribution in [2.45, 2.75) is 0 Å². The Morgan fingerprint density at radius 2 is 2.17 bits per heavy atom. The van der Waals surface area contributed by atoms with Crippen LogP contribution in [-0.2, 0) is 0 Å². The lowest BCUT2D eigenvalue weighted by atomic mass is 9.80. The third-order valence-corrected chi connectivity index (χ3v) is 1.68. The SMILES string of the molecule is OB(O)c1ccc2nocc2c1. The van der Waals surface area contributed by atoms with E-state index < -0.39 is 7.12 Å². The van der Waals surface area contributed by atoms with Crippen molar-refractivity contribution in [2.24, 2.45) is 0 Å². The van der Waals surface area contributed by atoms with Crippen LogP contribution in [-0.4, -0.2) is 22.3 Å². The smallest absolute Gasteiger partial charge is 0.423 e. The van der Waals surface area contributed by atoms with Gasteiger partial charge in [0.15, 0.2) is 0 Å². The number of rotatable bonds is 1. The summed E-state index contributed by atoms with van der Waals surface area (Å²) in [6, 6.07) is 4.89. The highest BCUT2D eigenvalue weighted by molar-refractivity contribution is 6.58. The minimum absolute atomic E-state index is 0.436. The molecule has 0 saturated heterocycles. The predicted octanol–water partition coefficient (Wildman–Crippen LogP) is -0.492. The summed E-state index contributed by atoms with van der Waals surface area (Å²) in [6.07, 6.45) is 1.46. The second-order valence-electron chi connectivity index (χ2n) is 2.51. The van der Waals surface area contributed by atoms with E-state index in [0.717, 1.165) is 5.39 Å². The highest BCUT2D eigenvalue weighted by Crippen LogP contribution is 2.08. The number of aromatic nitrogens is 1. The van der Waals surface area contributed by atoms with Crippen molar-refractivity contribution in [1.29, 1.82) is 0 Å². The molecule has 0 bridgehead atoms. The summed E-state index contributed by atoms with van der Waals surface area (Å²) in [4.78, 5) is 0. The third kappa shape index (κ3) is 1.09. The molecular formula is C7H6BNO3. The lowest BCUT2D eigenvalue weighted by molar-refractivity contribution is 0.426. The fourth-order valence-electron chi connectivity index (χ4n) is 1.05. The Hall–Kier alpha value is -1.33. The quantitative estimate of drug-likeness (QED) is 0.556. The zero-order valence-corrected chi connectivity index (χ0v) is 6.14. The van der Waals surface area contributed by atoms with E-state index in [1.165, 1.54) is 6.26 Å². The summed E-state index contributed by atoms with van der Waals surface area (Å²) in [5.74, 6) is 0. The molecule has 12 heavy (non-hydrogen) atoms. The standard InChI is InChI=1S/C7H6BNO3/c10-8(11)6-1-2-7-5(3-6)4-12-9-7/h1-4,10-11H. The van der Waals surface area contributed by atoms with E-state index in [4.69, 9.17) is 10.0 Å². The molecule has 0 atom stereocenters. The number of benzene rings is 1. The molecule has 0 amide bonds. The van der Waals surface area contributed by atoms with Gasteiger partial charge in [0.25, 0.3) is 0 Å². The number of hydrogen-bond donors (Lipinski definition) is 2. The van der Waals surface area contributed by atoms with Crippen molar-refractivity contribution in [3.63, 3.8) is 0 Å². The Morgan fingerprint density at radius 3 is 2.92 bits per heavy atom. The van der Waals surface area contributed by atoms with Gasteiger partial charge in [0.2, 0.25) is 0 Å². The normalized spacial score (nSPS) is 10.5. The first kappa shape index (κ1) is 7.33. The van der Waals surface area contributed by atoms with Gasteiger partial charge < -0.3 is 14.6 Å². The van der Waals surface area contributed by atoms with Gasteiger partial charge in [-0.15, -0.1) is 0 Å². The molecule has 1 aromatic carbocycles. The molecule has 0 radical (unpaired) electrons. The van der Waals surface area contributed by atoms with Gasteiger partial charge in [-0.1, -0.05) is 11.2 Å². The van der Waals surface area contributed by atoms with E-state index in [1.54, 1.807) is 18.2 Å². The average Bonchev–Trinajstić information content (AvgIpc) is 2.49. The first-order valence-electron chi connectivity index (χ1n) is 3.47. The Labute approximate surface area is 68.6 Å². The summed E-state index contributed by atoms with van der Waals surface area (Å²) in [7, 11) is -1.44. The molecule has 0 fully saturated rings. The molecule has 0 aliphatic rings. The maximum Gasteiger partial charge on any atom is 0.488 e. The van der Waals surface area contributed by atoms with E-state index in [0.29, 0.717) is 11.0 Å². The molecule has 0 aliphatic carbocycles. The minimum atomic E-state index is -1.44. The van der Waals surface area contributed by atoms with E-state index in [9.17, 15) is 0 Å². The second kappa shape index (κ2) is 2.62. The Morgan fingerprint density at radius 1 is 1.33 bits per heavy atom. The van der Waals surface area contributed by atoms with Gasteiger partial charge in [-0.05, 0) is 17.6 Å². The lowest BCUT2D eigenvalue weighted by Gasteiger charge is -1.96. The van der Waals surface area contributed by atoms with E-state index >= 15 is 0 Å². The molecule has 2 aromatic rings. The van der Waals surface area contributed by atoms with E-state index in [1.807, 2.05) is 0 Å². The van der Waals surface area contributed by atoms with Crippen LogP contribution < -0.4 is 5.46 Å². The van der Waals surface area contributed by atoms with Crippen molar-refractivity contribution in [3.05, 3.63) is 24.5 Å². The molecule has 1 heterocycles. The third-order valence-electron chi connectivity index (χ3n) is 1.68. The topological polar surface area (TPSA) is 66.5 Å². The molecule has 2 N–H and O–H groups in total. The van der Waals surface area contributed by atoms with Gasteiger partial charge in [-0.3, -0.25) is 0 Å². The number of hydrogen-bond acceptors (Lipinski definition) is 4. The van der Waals surface area contributed by atoms with Gasteiger partial charge >= 0.3 is 7.12 Å². The van der Waals surface area contributed by atoms with Gasteiger partial charge in [0.1, 0.15) is 11.8 Å². The predicted molar refractivity (Wildman–Crippen MR) is 43.8 cm³/mol. The number of nitrogens with zero attached hydrogens (tertiary/aromatic N) is 1. The van der Waals surface area contributed by atoms with E-state index in [-0.39, 0.29) is 0 Å². The first-order chi connectivity index (χ1) is 5.77. The van der Waals surface area contributed by atoms with Crippen LogP contribution in [0.1, 0.15) is 0 Å². The van der Waals surface area contributed by atoms with E-state index in [2.05, 4.69) is 9.68 Å². The molecular weight excluding hydrogens is 157 g/mol. The summed E-state index contributed by atoms with van der Waals surface area (Å²) in [5.41, 5.74) is 1.14. The highest BCUT2D eigenvalue weighted by Gasteiger charge is 2.11. The minimum Gasteiger partial charge on any atom is -0.423 e. The molecule has 0 saturated carbocycles. The zero-order valence-electron chi connectivity index (χ0n) is 6.14. The van der Waals surface area contributed by atoms with Crippen molar-refractivity contribution in [3.8, 4) is 0 Å². The summed E-state index contributed by atoms with van der Waals surface area (Å²) < 4.78 is 4.69. The van der Waals surface area contributed by atoms with Crippen LogP contribution >= 0.6 is 0 Å². The molecule has 0 unspecified atom stereocenters. The fourth-order valence-corrected chi connectivity index (χ4v) is 1.05. The van der Waals surface area contributed by atoms with Crippen molar-refractivity contribution < 1.29 is 14.6 Å². The maximum atomic E-state index is 8.83. The van der Waals surface area contributed by atoms with Gasteiger partial charge in [-0.25, -0.2) is 0 Å². The molecule has 0 aliphatic heterocycles. The Kier molecular flexibility index (Phi) is 1.60. The van der Waals surface area contributed by atoms with Gasteiger partial charge in [0, 0.05) is 5.39 Å². The molecule has 2 rings (SSSR count). The molecule has 4 nitrogen and oxygen atoms in total. The fraction of sp³-hybridized carbons (Fsp3) is 0. The largest absolute Gasteiger partial charge is 0.488 e. The molecule has 0 spiro atoms. The van der Waals surface area contributed by atoms with Crippen molar-refractivity contribution >= 4 is 23.5 Å². The summed E-state index contributed by atoms with van der Waals surface area (Å²) >= 11 is 0. The highest BCUT2D eigenvalue weighted by atomic mass is 16.5. The average molecular weight is 163 g/mol. The Balaban J connectivity index is 2.60. The van der Waals surface area contributed by atoms with Crippen molar-refractivity contribution in [1.82, 2.24) is 5.16 Å². The van der Waals surface area contributed by atoms with Gasteiger partial charge in [0.05, 0.1) is 0 Å². The van der Waals surface area contributed by atoms with Crippen LogP contribution in [0.5, 0.6) is 0 Å². The summed E-state index contributed by atoms with van der Waals surface area (Å²) in [5, 5.41) is 22.1. The van der Waals surface area contributed by atoms with Crippen LogP contribution in [0.3, 0.4) is 0 Å². The summed E-state index contributed by atoms with van der Waals surface area (Å²) in [6.45, 7) is 0. The second-order valence-corrected chi connectivity index (χ2v) is 2.51. The van der Waals surface area contributed by atoms with Crippen LogP contribution in [0.4, 0.5) is 0 Å². The Bertz CT molecular complexity index is 398.